The van der Waals surface area contributed by atoms with Crippen molar-refractivity contribution in [2.45, 2.75) is 6.92 Å². The predicted octanol–water partition coefficient (Wildman–Crippen LogP) is 2.63. The second-order valence-corrected chi connectivity index (χ2v) is 4.34. The zero-order valence-corrected chi connectivity index (χ0v) is 11.6. The Balaban J connectivity index is 2.89. The smallest absolute Gasteiger partial charge is 0.325 e. The van der Waals surface area contributed by atoms with Crippen LogP contribution in [0.25, 0.3) is 0 Å². The molecule has 0 spiro atoms. The van der Waals surface area contributed by atoms with Crippen LogP contribution in [0, 0.1) is 0 Å². The Kier molecular flexibility index (Phi) is 5.44. The molecule has 0 aliphatic heterocycles. The highest BCUT2D eigenvalue weighted by Crippen LogP contribution is 2.23. The van der Waals surface area contributed by atoms with Crippen LogP contribution in [0.4, 0.5) is 0 Å². The van der Waals surface area contributed by atoms with Gasteiger partial charge >= 0.3 is 5.97 Å². The van der Waals surface area contributed by atoms with Crippen LogP contribution >= 0.6 is 23.2 Å². The van der Waals surface area contributed by atoms with Gasteiger partial charge in [0.15, 0.2) is 0 Å². The third-order valence-corrected chi connectivity index (χ3v) is 3.12. The van der Waals surface area contributed by atoms with Gasteiger partial charge in [-0.05, 0) is 25.1 Å². The molecule has 0 radical (unpaired) electrons. The number of halogens is 2. The zero-order valence-electron chi connectivity index (χ0n) is 10.1. The topological polar surface area (TPSA) is 46.6 Å². The van der Waals surface area contributed by atoms with Gasteiger partial charge in [0, 0.05) is 12.1 Å². The first-order valence-electron chi connectivity index (χ1n) is 5.30. The van der Waals surface area contributed by atoms with E-state index < -0.39 is 5.97 Å². The standard InChI is InChI=1S/C12H13Cl2NO3/c1-3-15(7-11(16)18-2)12(17)8-4-5-9(13)10(14)6-8/h4-6H,3,7H2,1-2H3. The highest BCUT2D eigenvalue weighted by molar-refractivity contribution is 6.42. The first kappa shape index (κ1) is 14.8. The molecule has 1 rings (SSSR count). The number of rotatable bonds is 4. The molecular weight excluding hydrogens is 277 g/mol. The molecule has 0 N–H and O–H groups in total. The molecular formula is C12H13Cl2NO3. The molecule has 0 unspecified atom stereocenters. The molecule has 6 heteroatoms. The third kappa shape index (κ3) is 3.62. The van der Waals surface area contributed by atoms with Gasteiger partial charge in [-0.1, -0.05) is 23.2 Å². The summed E-state index contributed by atoms with van der Waals surface area (Å²) in [5, 5.41) is 0.681. The summed E-state index contributed by atoms with van der Waals surface area (Å²) in [7, 11) is 1.28. The minimum atomic E-state index is -0.467. The maximum Gasteiger partial charge on any atom is 0.325 e. The lowest BCUT2D eigenvalue weighted by molar-refractivity contribution is -0.141. The van der Waals surface area contributed by atoms with Crippen molar-refractivity contribution < 1.29 is 14.3 Å². The highest BCUT2D eigenvalue weighted by Gasteiger charge is 2.18. The second kappa shape index (κ2) is 6.61. The molecule has 98 valence electrons. The van der Waals surface area contributed by atoms with Crippen LogP contribution < -0.4 is 0 Å². The number of carbonyl (C=O) groups excluding carboxylic acids is 2. The zero-order chi connectivity index (χ0) is 13.7. The minimum Gasteiger partial charge on any atom is -0.468 e. The van der Waals surface area contributed by atoms with Gasteiger partial charge in [-0.3, -0.25) is 9.59 Å². The highest BCUT2D eigenvalue weighted by atomic mass is 35.5. The molecule has 18 heavy (non-hydrogen) atoms. The summed E-state index contributed by atoms with van der Waals surface area (Å²) in [6.45, 7) is 2.08. The number of amides is 1. The average Bonchev–Trinajstić information content (AvgIpc) is 2.38. The number of ether oxygens (including phenoxy) is 1. The number of methoxy groups -OCH3 is 1. The SMILES string of the molecule is CCN(CC(=O)OC)C(=O)c1ccc(Cl)c(Cl)c1. The number of hydrogen-bond donors (Lipinski definition) is 0. The first-order valence-corrected chi connectivity index (χ1v) is 6.06. The molecule has 0 saturated heterocycles. The molecule has 1 aromatic carbocycles. The number of benzene rings is 1. The Morgan fingerprint density at radius 2 is 1.94 bits per heavy atom. The van der Waals surface area contributed by atoms with Crippen molar-refractivity contribution in [1.82, 2.24) is 4.90 Å². The van der Waals surface area contributed by atoms with Gasteiger partial charge in [-0.25, -0.2) is 0 Å². The van der Waals surface area contributed by atoms with E-state index >= 15 is 0 Å². The lowest BCUT2D eigenvalue weighted by Crippen LogP contribution is -2.36. The number of nitrogens with zero attached hydrogens (tertiary/aromatic N) is 1. The van der Waals surface area contributed by atoms with Crippen LogP contribution in [-0.2, 0) is 9.53 Å². The van der Waals surface area contributed by atoms with Crippen LogP contribution in [0.5, 0.6) is 0 Å². The Morgan fingerprint density at radius 1 is 1.28 bits per heavy atom. The van der Waals surface area contributed by atoms with E-state index in [-0.39, 0.29) is 12.5 Å². The van der Waals surface area contributed by atoms with E-state index in [1.165, 1.54) is 18.1 Å². The van der Waals surface area contributed by atoms with Gasteiger partial charge in [0.25, 0.3) is 5.91 Å². The van der Waals surface area contributed by atoms with Gasteiger partial charge in [0.1, 0.15) is 6.54 Å². The molecule has 0 aliphatic carbocycles. The fourth-order valence-corrected chi connectivity index (χ4v) is 1.66. The van der Waals surface area contributed by atoms with Crippen LogP contribution in [-0.4, -0.2) is 37.0 Å². The summed E-state index contributed by atoms with van der Waals surface area (Å²) in [5.74, 6) is -0.758. The lowest BCUT2D eigenvalue weighted by Gasteiger charge is -2.19. The van der Waals surface area contributed by atoms with E-state index in [1.54, 1.807) is 19.1 Å². The first-order chi connectivity index (χ1) is 8.49. The summed E-state index contributed by atoms with van der Waals surface area (Å²) in [6.07, 6.45) is 0. The maximum absolute atomic E-state index is 12.1. The maximum atomic E-state index is 12.1. The number of esters is 1. The van der Waals surface area contributed by atoms with E-state index in [1.807, 2.05) is 0 Å². The second-order valence-electron chi connectivity index (χ2n) is 3.52. The van der Waals surface area contributed by atoms with Crippen LogP contribution in [0.2, 0.25) is 10.0 Å². The summed E-state index contributed by atoms with van der Waals surface area (Å²) in [5.41, 5.74) is 0.384. The molecule has 0 aliphatic rings. The molecule has 1 amide bonds. The monoisotopic (exact) mass is 289 g/mol. The molecule has 0 atom stereocenters. The van der Waals surface area contributed by atoms with Crippen molar-refractivity contribution in [3.8, 4) is 0 Å². The number of carbonyl (C=O) groups is 2. The van der Waals surface area contributed by atoms with E-state index in [0.717, 1.165) is 0 Å². The van der Waals surface area contributed by atoms with E-state index in [4.69, 9.17) is 23.2 Å². The van der Waals surface area contributed by atoms with Crippen LogP contribution in [0.1, 0.15) is 17.3 Å². The van der Waals surface area contributed by atoms with Crippen molar-refractivity contribution in [3.05, 3.63) is 33.8 Å². The third-order valence-electron chi connectivity index (χ3n) is 2.38. The summed E-state index contributed by atoms with van der Waals surface area (Å²) in [6, 6.07) is 4.59. The normalized spacial score (nSPS) is 10.0. The molecule has 0 heterocycles. The van der Waals surface area contributed by atoms with Crippen molar-refractivity contribution in [1.29, 1.82) is 0 Å². The van der Waals surface area contributed by atoms with E-state index in [0.29, 0.717) is 22.2 Å². The Labute approximate surface area is 115 Å². The molecule has 0 aromatic heterocycles. The molecule has 0 fully saturated rings. The summed E-state index contributed by atoms with van der Waals surface area (Å²) in [4.78, 5) is 24.6. The van der Waals surface area contributed by atoms with E-state index in [2.05, 4.69) is 4.74 Å². The largest absolute Gasteiger partial charge is 0.468 e. The van der Waals surface area contributed by atoms with Gasteiger partial charge in [-0.2, -0.15) is 0 Å². The Bertz CT molecular complexity index is 463. The predicted molar refractivity (Wildman–Crippen MR) is 70.1 cm³/mol. The average molecular weight is 290 g/mol. The quantitative estimate of drug-likeness (QED) is 0.801. The molecule has 0 saturated carbocycles. The van der Waals surface area contributed by atoms with Gasteiger partial charge in [0.05, 0.1) is 17.2 Å². The van der Waals surface area contributed by atoms with Crippen molar-refractivity contribution >= 4 is 35.1 Å². The Morgan fingerprint density at radius 3 is 2.44 bits per heavy atom. The summed E-state index contributed by atoms with van der Waals surface area (Å²) >= 11 is 11.6. The van der Waals surface area contributed by atoms with Gasteiger partial charge < -0.3 is 9.64 Å². The molecule has 1 aromatic rings. The lowest BCUT2D eigenvalue weighted by atomic mass is 10.2. The summed E-state index contributed by atoms with van der Waals surface area (Å²) < 4.78 is 4.53. The number of hydrogen-bond acceptors (Lipinski definition) is 3. The van der Waals surface area contributed by atoms with Gasteiger partial charge in [0.2, 0.25) is 0 Å². The van der Waals surface area contributed by atoms with Crippen molar-refractivity contribution in [3.63, 3.8) is 0 Å². The van der Waals surface area contributed by atoms with Gasteiger partial charge in [-0.15, -0.1) is 0 Å². The van der Waals surface area contributed by atoms with Crippen molar-refractivity contribution in [2.24, 2.45) is 0 Å². The van der Waals surface area contributed by atoms with Crippen LogP contribution in [0.15, 0.2) is 18.2 Å². The Hall–Kier alpha value is -1.26. The molecule has 4 nitrogen and oxygen atoms in total. The van der Waals surface area contributed by atoms with Crippen molar-refractivity contribution in [2.75, 3.05) is 20.2 Å². The number of likely N-dealkylation sites (N-methyl/N-ethyl adjacent to an activating group) is 1. The fourth-order valence-electron chi connectivity index (χ4n) is 1.36. The minimum absolute atomic E-state index is 0.0912. The fraction of sp³-hybridized carbons (Fsp3) is 0.333. The molecule has 0 bridgehead atoms. The van der Waals surface area contributed by atoms with E-state index in [9.17, 15) is 9.59 Å². The van der Waals surface area contributed by atoms with Crippen LogP contribution in [0.3, 0.4) is 0 Å².